The van der Waals surface area contributed by atoms with Crippen LogP contribution in [0.5, 0.6) is 0 Å². The van der Waals surface area contributed by atoms with Gasteiger partial charge in [-0.2, -0.15) is 4.31 Å². The molecule has 2 aromatic rings. The Hall–Kier alpha value is -2.22. The highest BCUT2D eigenvalue weighted by Crippen LogP contribution is 2.25. The molecule has 0 bridgehead atoms. The average Bonchev–Trinajstić information content (AvgIpc) is 3.23. The summed E-state index contributed by atoms with van der Waals surface area (Å²) < 4.78 is 27.4. The van der Waals surface area contributed by atoms with Gasteiger partial charge in [0.15, 0.2) is 0 Å². The molecule has 2 aliphatic heterocycles. The van der Waals surface area contributed by atoms with Crippen LogP contribution in [-0.4, -0.2) is 49.2 Å². The number of sulfonamides is 1. The Bertz CT molecular complexity index is 972. The maximum atomic E-state index is 13.0. The van der Waals surface area contributed by atoms with Crippen molar-refractivity contribution in [3.63, 3.8) is 0 Å². The van der Waals surface area contributed by atoms with E-state index in [1.807, 2.05) is 18.2 Å². The molecule has 2 fully saturated rings. The quantitative estimate of drug-likeness (QED) is 0.766. The topological polar surface area (TPSA) is 69.7 Å². The summed E-state index contributed by atoms with van der Waals surface area (Å²) in [4.78, 5) is 15.4. The summed E-state index contributed by atoms with van der Waals surface area (Å²) in [5.41, 5.74) is 1.72. The van der Waals surface area contributed by atoms with Gasteiger partial charge in [0.25, 0.3) is 0 Å². The van der Waals surface area contributed by atoms with Crippen LogP contribution < -0.4 is 5.32 Å². The van der Waals surface area contributed by atoms with Gasteiger partial charge in [-0.1, -0.05) is 42.8 Å². The summed E-state index contributed by atoms with van der Waals surface area (Å²) in [7, 11) is -3.52. The van der Waals surface area contributed by atoms with E-state index in [-0.39, 0.29) is 16.8 Å². The van der Waals surface area contributed by atoms with Gasteiger partial charge in [0.1, 0.15) is 0 Å². The summed E-state index contributed by atoms with van der Waals surface area (Å²) in [6.07, 6.45) is 4.66. The monoisotopic (exact) mass is 427 g/mol. The van der Waals surface area contributed by atoms with Crippen LogP contribution in [-0.2, 0) is 21.4 Å². The highest BCUT2D eigenvalue weighted by atomic mass is 32.2. The number of hydrogen-bond acceptors (Lipinski definition) is 4. The van der Waals surface area contributed by atoms with Crippen molar-refractivity contribution >= 4 is 21.6 Å². The lowest BCUT2D eigenvalue weighted by atomic mass is 10.1. The number of amides is 1. The molecule has 160 valence electrons. The van der Waals surface area contributed by atoms with E-state index in [1.54, 1.807) is 28.6 Å². The van der Waals surface area contributed by atoms with E-state index in [0.29, 0.717) is 18.8 Å². The van der Waals surface area contributed by atoms with Crippen LogP contribution in [0.2, 0.25) is 0 Å². The lowest BCUT2D eigenvalue weighted by Gasteiger charge is -2.26. The van der Waals surface area contributed by atoms with Crippen LogP contribution in [0.3, 0.4) is 0 Å². The minimum Gasteiger partial charge on any atom is -0.325 e. The standard InChI is InChI=1S/C23H29N3O3S/c27-23(22-13-8-14-25(22)18-19-9-3-1-4-10-19)24-20-11-7-12-21(17-20)30(28,29)26-15-5-2-6-16-26/h1,3-4,7,9-12,17,22H,2,5-6,8,13-16,18H2,(H,24,27). The zero-order valence-corrected chi connectivity index (χ0v) is 18.0. The van der Waals surface area contributed by atoms with Crippen LogP contribution in [0.1, 0.15) is 37.7 Å². The zero-order valence-electron chi connectivity index (χ0n) is 17.2. The third-order valence-corrected chi connectivity index (χ3v) is 7.84. The molecule has 0 radical (unpaired) electrons. The Morgan fingerprint density at radius 2 is 1.70 bits per heavy atom. The molecule has 2 heterocycles. The van der Waals surface area contributed by atoms with Crippen LogP contribution in [0.25, 0.3) is 0 Å². The van der Waals surface area contributed by atoms with E-state index in [2.05, 4.69) is 22.3 Å². The van der Waals surface area contributed by atoms with Crippen molar-refractivity contribution in [1.82, 2.24) is 9.21 Å². The molecule has 1 N–H and O–H groups in total. The molecular formula is C23H29N3O3S. The first-order chi connectivity index (χ1) is 14.5. The second-order valence-electron chi connectivity index (χ2n) is 8.10. The Labute approximate surface area is 178 Å². The number of rotatable bonds is 6. The minimum atomic E-state index is -3.52. The lowest BCUT2D eigenvalue weighted by molar-refractivity contribution is -0.120. The van der Waals surface area contributed by atoms with Gasteiger partial charge >= 0.3 is 0 Å². The van der Waals surface area contributed by atoms with Crippen molar-refractivity contribution in [3.8, 4) is 0 Å². The van der Waals surface area contributed by atoms with Crippen molar-refractivity contribution < 1.29 is 13.2 Å². The molecule has 1 unspecified atom stereocenters. The molecule has 1 amide bonds. The molecular weight excluding hydrogens is 398 g/mol. The first-order valence-electron chi connectivity index (χ1n) is 10.7. The molecule has 4 rings (SSSR count). The molecule has 6 nitrogen and oxygen atoms in total. The summed E-state index contributed by atoms with van der Waals surface area (Å²) in [5.74, 6) is -0.0732. The van der Waals surface area contributed by atoms with Crippen molar-refractivity contribution in [2.75, 3.05) is 25.0 Å². The van der Waals surface area contributed by atoms with Gasteiger partial charge in [0.05, 0.1) is 10.9 Å². The van der Waals surface area contributed by atoms with Crippen molar-refractivity contribution in [3.05, 3.63) is 60.2 Å². The first-order valence-corrected chi connectivity index (χ1v) is 12.2. The number of piperidine rings is 1. The van der Waals surface area contributed by atoms with Gasteiger partial charge < -0.3 is 5.32 Å². The predicted octanol–water partition coefficient (Wildman–Crippen LogP) is 3.46. The third-order valence-electron chi connectivity index (χ3n) is 5.95. The number of nitrogens with one attached hydrogen (secondary N) is 1. The summed E-state index contributed by atoms with van der Waals surface area (Å²) in [6, 6.07) is 16.6. The van der Waals surface area contributed by atoms with Gasteiger partial charge in [-0.25, -0.2) is 8.42 Å². The maximum Gasteiger partial charge on any atom is 0.243 e. The molecule has 2 saturated heterocycles. The second kappa shape index (κ2) is 9.29. The van der Waals surface area contributed by atoms with E-state index in [1.165, 1.54) is 5.56 Å². The van der Waals surface area contributed by atoms with Crippen LogP contribution >= 0.6 is 0 Å². The average molecular weight is 428 g/mol. The Morgan fingerprint density at radius 3 is 2.47 bits per heavy atom. The van der Waals surface area contributed by atoms with Crippen LogP contribution in [0.15, 0.2) is 59.5 Å². The van der Waals surface area contributed by atoms with Crippen molar-refractivity contribution in [2.24, 2.45) is 0 Å². The van der Waals surface area contributed by atoms with E-state index in [0.717, 1.165) is 45.2 Å². The molecule has 7 heteroatoms. The Balaban J connectivity index is 1.45. The smallest absolute Gasteiger partial charge is 0.243 e. The number of benzene rings is 2. The van der Waals surface area contributed by atoms with Crippen LogP contribution in [0, 0.1) is 0 Å². The number of carbonyl (C=O) groups is 1. The Kier molecular flexibility index (Phi) is 6.51. The first kappa shape index (κ1) is 21.0. The normalized spacial score (nSPS) is 20.9. The fourth-order valence-electron chi connectivity index (χ4n) is 4.34. The number of anilines is 1. The third kappa shape index (κ3) is 4.74. The Morgan fingerprint density at radius 1 is 0.933 bits per heavy atom. The van der Waals surface area contributed by atoms with E-state index in [9.17, 15) is 13.2 Å². The van der Waals surface area contributed by atoms with Crippen LogP contribution in [0.4, 0.5) is 5.69 Å². The molecule has 0 saturated carbocycles. The molecule has 30 heavy (non-hydrogen) atoms. The fourth-order valence-corrected chi connectivity index (χ4v) is 5.91. The predicted molar refractivity (Wildman–Crippen MR) is 118 cm³/mol. The number of hydrogen-bond donors (Lipinski definition) is 1. The SMILES string of the molecule is O=C(Nc1cccc(S(=O)(=O)N2CCCCC2)c1)C1CCCN1Cc1ccccc1. The largest absolute Gasteiger partial charge is 0.325 e. The second-order valence-corrected chi connectivity index (χ2v) is 10.0. The van der Waals surface area contributed by atoms with E-state index < -0.39 is 10.0 Å². The molecule has 2 aromatic carbocycles. The van der Waals surface area contributed by atoms with E-state index in [4.69, 9.17) is 0 Å². The number of carbonyl (C=O) groups excluding carboxylic acids is 1. The molecule has 1 atom stereocenters. The summed E-state index contributed by atoms with van der Waals surface area (Å²) in [5, 5.41) is 2.95. The van der Waals surface area contributed by atoms with Crippen molar-refractivity contribution in [1.29, 1.82) is 0 Å². The number of nitrogens with zero attached hydrogens (tertiary/aromatic N) is 2. The molecule has 0 aromatic heterocycles. The molecule has 0 aliphatic carbocycles. The zero-order chi connectivity index (χ0) is 21.0. The van der Waals surface area contributed by atoms with Gasteiger partial charge in [0.2, 0.25) is 15.9 Å². The van der Waals surface area contributed by atoms with Gasteiger partial charge in [-0.3, -0.25) is 9.69 Å². The van der Waals surface area contributed by atoms with E-state index >= 15 is 0 Å². The maximum absolute atomic E-state index is 13.0. The minimum absolute atomic E-state index is 0.0732. The highest BCUT2D eigenvalue weighted by molar-refractivity contribution is 7.89. The molecule has 2 aliphatic rings. The number of likely N-dealkylation sites (tertiary alicyclic amines) is 1. The van der Waals surface area contributed by atoms with Gasteiger partial charge in [-0.05, 0) is 56.0 Å². The fraction of sp³-hybridized carbons (Fsp3) is 0.435. The lowest BCUT2D eigenvalue weighted by Crippen LogP contribution is -2.39. The molecule has 0 spiro atoms. The van der Waals surface area contributed by atoms with Gasteiger partial charge in [0, 0.05) is 25.3 Å². The summed E-state index contributed by atoms with van der Waals surface area (Å²) >= 11 is 0. The highest BCUT2D eigenvalue weighted by Gasteiger charge is 2.31. The van der Waals surface area contributed by atoms with Crippen molar-refractivity contribution in [2.45, 2.75) is 49.6 Å². The van der Waals surface area contributed by atoms with Gasteiger partial charge in [-0.15, -0.1) is 0 Å². The summed E-state index contributed by atoms with van der Waals surface area (Å²) in [6.45, 7) is 2.75.